The molecule has 0 aliphatic heterocycles. The third kappa shape index (κ3) is 5.27. The van der Waals surface area contributed by atoms with Crippen molar-refractivity contribution in [3.63, 3.8) is 0 Å². The van der Waals surface area contributed by atoms with Crippen molar-refractivity contribution >= 4 is 49.4 Å². The highest BCUT2D eigenvalue weighted by Crippen LogP contribution is 2.24. The van der Waals surface area contributed by atoms with Gasteiger partial charge in [-0.1, -0.05) is 27.5 Å². The first-order chi connectivity index (χ1) is 9.63. The zero-order valence-electron chi connectivity index (χ0n) is 10.8. The number of nitrogens with one attached hydrogen (secondary N) is 1. The molecule has 0 aromatic heterocycles. The number of amides is 1. The summed E-state index contributed by atoms with van der Waals surface area (Å²) in [4.78, 5) is 21.9. The lowest BCUT2D eigenvalue weighted by Crippen LogP contribution is -2.36. The van der Waals surface area contributed by atoms with Crippen LogP contribution < -0.4 is 10.5 Å². The van der Waals surface area contributed by atoms with Gasteiger partial charge in [-0.25, -0.2) is 8.42 Å². The lowest BCUT2D eigenvalue weighted by Gasteiger charge is -2.11. The summed E-state index contributed by atoms with van der Waals surface area (Å²) in [6.45, 7) is 0.632. The number of esters is 1. The van der Waals surface area contributed by atoms with E-state index in [9.17, 15) is 18.0 Å². The predicted molar refractivity (Wildman–Crippen MR) is 79.1 cm³/mol. The summed E-state index contributed by atoms with van der Waals surface area (Å²) in [5.41, 5.74) is 4.91. The van der Waals surface area contributed by atoms with Crippen molar-refractivity contribution in [2.45, 2.75) is 17.9 Å². The molecule has 10 heteroatoms. The summed E-state index contributed by atoms with van der Waals surface area (Å²) in [6, 6.07) is 4.18. The van der Waals surface area contributed by atoms with Crippen LogP contribution in [0.5, 0.6) is 0 Å². The number of sulfonamides is 1. The minimum Gasteiger partial charge on any atom is -0.452 e. The van der Waals surface area contributed by atoms with E-state index in [1.54, 1.807) is 0 Å². The van der Waals surface area contributed by atoms with E-state index in [-0.39, 0.29) is 9.92 Å². The minimum absolute atomic E-state index is 0.00394. The van der Waals surface area contributed by atoms with Crippen molar-refractivity contribution in [3.05, 3.63) is 27.7 Å². The average Bonchev–Trinajstić information content (AvgIpc) is 2.35. The van der Waals surface area contributed by atoms with Gasteiger partial charge in [-0.3, -0.25) is 9.59 Å². The molecule has 21 heavy (non-hydrogen) atoms. The fraction of sp³-hybridized carbons (Fsp3) is 0.273. The van der Waals surface area contributed by atoms with Crippen LogP contribution in [0.2, 0.25) is 5.02 Å². The van der Waals surface area contributed by atoms with Gasteiger partial charge in [0.2, 0.25) is 10.0 Å². The molecule has 0 bridgehead atoms. The smallest absolute Gasteiger partial charge is 0.321 e. The van der Waals surface area contributed by atoms with Gasteiger partial charge in [0.1, 0.15) is 11.4 Å². The molecule has 0 heterocycles. The molecule has 0 aliphatic carbocycles. The summed E-state index contributed by atoms with van der Waals surface area (Å²) >= 11 is 8.98. The number of nitrogens with two attached hydrogens (primary N) is 1. The van der Waals surface area contributed by atoms with Gasteiger partial charge < -0.3 is 10.5 Å². The molecule has 0 saturated carbocycles. The second-order valence-electron chi connectivity index (χ2n) is 3.93. The van der Waals surface area contributed by atoms with E-state index in [1.165, 1.54) is 25.1 Å². The van der Waals surface area contributed by atoms with Gasteiger partial charge in [0, 0.05) is 4.47 Å². The van der Waals surface area contributed by atoms with Crippen molar-refractivity contribution in [1.29, 1.82) is 0 Å². The Labute approximate surface area is 135 Å². The summed E-state index contributed by atoms with van der Waals surface area (Å²) in [5, 5.41) is -0.00394. The van der Waals surface area contributed by atoms with Crippen LogP contribution in [0.25, 0.3) is 0 Å². The van der Waals surface area contributed by atoms with E-state index < -0.39 is 34.5 Å². The number of primary amides is 1. The Morgan fingerprint density at radius 3 is 2.62 bits per heavy atom. The molecular weight excluding hydrogens is 388 g/mol. The van der Waals surface area contributed by atoms with E-state index in [0.29, 0.717) is 4.47 Å². The molecule has 1 rings (SSSR count). The highest BCUT2D eigenvalue weighted by Gasteiger charge is 2.21. The number of halogens is 2. The number of rotatable bonds is 6. The van der Waals surface area contributed by atoms with Crippen LogP contribution in [0.1, 0.15) is 6.92 Å². The number of carbonyl (C=O) groups is 2. The molecule has 3 N–H and O–H groups in total. The van der Waals surface area contributed by atoms with E-state index in [0.717, 1.165) is 0 Å². The Morgan fingerprint density at radius 2 is 2.10 bits per heavy atom. The second kappa shape index (κ2) is 7.21. The molecule has 0 radical (unpaired) electrons. The van der Waals surface area contributed by atoms with Crippen LogP contribution in [-0.2, 0) is 24.3 Å². The maximum absolute atomic E-state index is 12.0. The fourth-order valence-electron chi connectivity index (χ4n) is 1.22. The molecule has 1 aromatic rings. The van der Waals surface area contributed by atoms with Crippen molar-refractivity contribution in [3.8, 4) is 0 Å². The first kappa shape index (κ1) is 17.9. The van der Waals surface area contributed by atoms with Crippen LogP contribution in [-0.4, -0.2) is 32.9 Å². The Bertz CT molecular complexity index is 665. The lowest BCUT2D eigenvalue weighted by atomic mass is 10.4. The predicted octanol–water partition coefficient (Wildman–Crippen LogP) is 0.798. The Balaban J connectivity index is 2.73. The zero-order chi connectivity index (χ0) is 16.2. The minimum atomic E-state index is -3.98. The highest BCUT2D eigenvalue weighted by atomic mass is 79.9. The monoisotopic (exact) mass is 398 g/mol. The van der Waals surface area contributed by atoms with E-state index >= 15 is 0 Å². The zero-order valence-corrected chi connectivity index (χ0v) is 14.0. The van der Waals surface area contributed by atoms with Gasteiger partial charge >= 0.3 is 5.97 Å². The van der Waals surface area contributed by atoms with Crippen LogP contribution in [0.15, 0.2) is 27.6 Å². The molecule has 0 saturated heterocycles. The molecule has 7 nitrogen and oxygen atoms in total. The van der Waals surface area contributed by atoms with Crippen LogP contribution in [0.4, 0.5) is 0 Å². The van der Waals surface area contributed by atoms with Crippen LogP contribution in [0.3, 0.4) is 0 Å². The SMILES string of the molecule is CC(OC(=O)CNS(=O)(=O)c1ccc(Br)cc1Cl)C(N)=O. The molecule has 1 amide bonds. The van der Waals surface area contributed by atoms with Crippen molar-refractivity contribution in [1.82, 2.24) is 4.72 Å². The molecular formula is C11H12BrClN2O5S. The van der Waals surface area contributed by atoms with E-state index in [2.05, 4.69) is 20.7 Å². The van der Waals surface area contributed by atoms with Crippen molar-refractivity contribution in [2.24, 2.45) is 5.73 Å². The number of carbonyl (C=O) groups excluding carboxylic acids is 2. The number of benzene rings is 1. The Hall–Kier alpha value is -1.16. The summed E-state index contributed by atoms with van der Waals surface area (Å²) in [5.74, 6) is -1.76. The number of hydrogen-bond donors (Lipinski definition) is 2. The molecule has 1 atom stereocenters. The van der Waals surface area contributed by atoms with Crippen molar-refractivity contribution < 1.29 is 22.7 Å². The van der Waals surface area contributed by atoms with Gasteiger partial charge in [-0.2, -0.15) is 4.72 Å². The maximum atomic E-state index is 12.0. The Morgan fingerprint density at radius 1 is 1.48 bits per heavy atom. The van der Waals surface area contributed by atoms with Crippen LogP contribution in [0, 0.1) is 0 Å². The Kier molecular flexibility index (Phi) is 6.14. The topological polar surface area (TPSA) is 116 Å². The van der Waals surface area contributed by atoms with Gasteiger partial charge in [-0.15, -0.1) is 0 Å². The molecule has 116 valence electrons. The third-order valence-corrected chi connectivity index (χ3v) is 4.68. The van der Waals surface area contributed by atoms with E-state index in [1.807, 2.05) is 4.72 Å². The normalized spacial score (nSPS) is 12.7. The second-order valence-corrected chi connectivity index (χ2v) is 6.99. The summed E-state index contributed by atoms with van der Waals surface area (Å²) in [7, 11) is -3.98. The average molecular weight is 400 g/mol. The van der Waals surface area contributed by atoms with E-state index in [4.69, 9.17) is 17.3 Å². The molecule has 0 fully saturated rings. The van der Waals surface area contributed by atoms with Gasteiger partial charge in [0.25, 0.3) is 5.91 Å². The highest BCUT2D eigenvalue weighted by molar-refractivity contribution is 9.10. The quantitative estimate of drug-likeness (QED) is 0.686. The number of ether oxygens (including phenoxy) is 1. The largest absolute Gasteiger partial charge is 0.452 e. The van der Waals surface area contributed by atoms with Gasteiger partial charge in [-0.05, 0) is 25.1 Å². The maximum Gasteiger partial charge on any atom is 0.321 e. The van der Waals surface area contributed by atoms with Gasteiger partial charge in [0.15, 0.2) is 6.10 Å². The lowest BCUT2D eigenvalue weighted by molar-refractivity contribution is -0.152. The summed E-state index contributed by atoms with van der Waals surface area (Å²) in [6.07, 6.45) is -1.14. The third-order valence-electron chi connectivity index (χ3n) is 2.30. The molecule has 1 aromatic carbocycles. The fourth-order valence-corrected chi connectivity index (χ4v) is 3.23. The standard InChI is InChI=1S/C11H12BrClN2O5S/c1-6(11(14)17)20-10(16)5-15-21(18,19)9-3-2-7(12)4-8(9)13/h2-4,6,15H,5H2,1H3,(H2,14,17). The molecule has 1 unspecified atom stereocenters. The molecule has 0 spiro atoms. The summed E-state index contributed by atoms with van der Waals surface area (Å²) < 4.78 is 31.2. The first-order valence-electron chi connectivity index (χ1n) is 5.57. The van der Waals surface area contributed by atoms with Crippen LogP contribution >= 0.6 is 27.5 Å². The first-order valence-corrected chi connectivity index (χ1v) is 8.22. The van der Waals surface area contributed by atoms with Crippen molar-refractivity contribution in [2.75, 3.05) is 6.54 Å². The van der Waals surface area contributed by atoms with Gasteiger partial charge in [0.05, 0.1) is 5.02 Å². The number of hydrogen-bond acceptors (Lipinski definition) is 5. The molecule has 0 aliphatic rings.